The summed E-state index contributed by atoms with van der Waals surface area (Å²) in [7, 11) is 1.48. The first-order chi connectivity index (χ1) is 23.5. The lowest BCUT2D eigenvalue weighted by Gasteiger charge is -2.24. The minimum atomic E-state index is -4.34. The second-order valence-corrected chi connectivity index (χ2v) is 16.5. The van der Waals surface area contributed by atoms with Crippen LogP contribution in [0.15, 0.2) is 0 Å². The van der Waals surface area contributed by atoms with Crippen LogP contribution in [0.3, 0.4) is 0 Å². The Kier molecular flexibility index (Phi) is 32.2. The van der Waals surface area contributed by atoms with E-state index in [-0.39, 0.29) is 26.1 Å². The lowest BCUT2D eigenvalue weighted by molar-refractivity contribution is -0.870. The summed E-state index contributed by atoms with van der Waals surface area (Å²) in [4.78, 5) is 34.5. The summed E-state index contributed by atoms with van der Waals surface area (Å²) in [6, 6.07) is 0. The van der Waals surface area contributed by atoms with Crippen LogP contribution >= 0.6 is 7.82 Å². The van der Waals surface area contributed by atoms with Crippen molar-refractivity contribution in [1.29, 1.82) is 0 Å². The second-order valence-electron chi connectivity index (χ2n) is 15.0. The minimum absolute atomic E-state index is 0.0350. The van der Waals surface area contributed by atoms with Gasteiger partial charge in [-0.25, -0.2) is 4.57 Å². The molecule has 9 nitrogen and oxygen atoms in total. The standard InChI is InChI=1S/C39H78NO8P/c1-6-8-10-11-12-13-14-15-16-17-18-19-20-21-22-23-24-25-26-27-28-29-30-32-39(42)48-37(35-45-38(41)31-9-7-2)36-47-49(43,44)46-34-33-40(3,4)5/h37H,6-36H2,1-5H3/p+1. The third-order valence-corrected chi connectivity index (χ3v) is 9.87. The molecule has 0 spiro atoms. The molecule has 1 N–H and O–H groups in total. The maximum atomic E-state index is 12.5. The van der Waals surface area contributed by atoms with Gasteiger partial charge >= 0.3 is 19.8 Å². The highest BCUT2D eigenvalue weighted by Gasteiger charge is 2.27. The largest absolute Gasteiger partial charge is 0.472 e. The molecule has 0 radical (unpaired) electrons. The first-order valence-corrected chi connectivity index (χ1v) is 21.8. The number of ether oxygens (including phenoxy) is 2. The average Bonchev–Trinajstić information content (AvgIpc) is 3.04. The predicted molar refractivity (Wildman–Crippen MR) is 201 cm³/mol. The molecule has 0 saturated carbocycles. The molecule has 0 aliphatic heterocycles. The van der Waals surface area contributed by atoms with Gasteiger partial charge in [-0.1, -0.05) is 162 Å². The van der Waals surface area contributed by atoms with Gasteiger partial charge in [-0.05, 0) is 12.8 Å². The fraction of sp³-hybridized carbons (Fsp3) is 0.949. The quantitative estimate of drug-likeness (QED) is 0.0292. The molecule has 2 unspecified atom stereocenters. The van der Waals surface area contributed by atoms with E-state index in [0.29, 0.717) is 23.9 Å². The van der Waals surface area contributed by atoms with E-state index in [0.717, 1.165) is 19.3 Å². The van der Waals surface area contributed by atoms with Gasteiger partial charge in [0.2, 0.25) is 0 Å². The molecular formula is C39H79NO8P+. The van der Waals surface area contributed by atoms with Crippen LogP contribution in [0.25, 0.3) is 0 Å². The van der Waals surface area contributed by atoms with Crippen molar-refractivity contribution in [1.82, 2.24) is 0 Å². The van der Waals surface area contributed by atoms with Crippen LogP contribution < -0.4 is 0 Å². The summed E-state index contributed by atoms with van der Waals surface area (Å²) in [6.45, 7) is 4.18. The normalized spacial score (nSPS) is 13.7. The molecule has 0 fully saturated rings. The molecule has 0 amide bonds. The number of carbonyl (C=O) groups excluding carboxylic acids is 2. The third kappa shape index (κ3) is 36.6. The average molecular weight is 721 g/mol. The van der Waals surface area contributed by atoms with Crippen molar-refractivity contribution in [2.75, 3.05) is 47.5 Å². The maximum absolute atomic E-state index is 12.5. The van der Waals surface area contributed by atoms with Crippen LogP contribution in [0.4, 0.5) is 0 Å². The molecule has 0 rings (SSSR count). The number of rotatable bonds is 37. The minimum Gasteiger partial charge on any atom is -0.462 e. The van der Waals surface area contributed by atoms with Crippen molar-refractivity contribution in [3.63, 3.8) is 0 Å². The van der Waals surface area contributed by atoms with E-state index in [1.807, 2.05) is 28.1 Å². The highest BCUT2D eigenvalue weighted by atomic mass is 31.2. The second kappa shape index (κ2) is 32.9. The third-order valence-electron chi connectivity index (χ3n) is 8.89. The van der Waals surface area contributed by atoms with Crippen molar-refractivity contribution in [3.8, 4) is 0 Å². The number of hydrogen-bond donors (Lipinski definition) is 1. The fourth-order valence-corrected chi connectivity index (χ4v) is 6.38. The number of hydrogen-bond acceptors (Lipinski definition) is 7. The summed E-state index contributed by atoms with van der Waals surface area (Å²) in [5, 5.41) is 0. The molecule has 0 aliphatic carbocycles. The predicted octanol–water partition coefficient (Wildman–Crippen LogP) is 10.9. The molecule has 0 aliphatic rings. The number of phosphoric acid groups is 1. The Balaban J connectivity index is 3.91. The monoisotopic (exact) mass is 721 g/mol. The van der Waals surface area contributed by atoms with Gasteiger partial charge in [0, 0.05) is 12.8 Å². The molecule has 0 aromatic heterocycles. The van der Waals surface area contributed by atoms with Crippen LogP contribution in [0.1, 0.15) is 187 Å². The Morgan fingerprint density at radius 3 is 1.35 bits per heavy atom. The molecule has 0 saturated heterocycles. The van der Waals surface area contributed by atoms with Crippen LogP contribution in [0.2, 0.25) is 0 Å². The van der Waals surface area contributed by atoms with Crippen molar-refractivity contribution >= 4 is 19.8 Å². The van der Waals surface area contributed by atoms with Gasteiger partial charge in [-0.2, -0.15) is 0 Å². The Hall–Kier alpha value is -0.990. The molecule has 49 heavy (non-hydrogen) atoms. The van der Waals surface area contributed by atoms with E-state index >= 15 is 0 Å². The first kappa shape index (κ1) is 48.0. The van der Waals surface area contributed by atoms with Gasteiger partial charge in [0.1, 0.15) is 19.8 Å². The number of phosphoric ester groups is 1. The van der Waals surface area contributed by atoms with Gasteiger partial charge in [0.15, 0.2) is 6.10 Å². The number of unbranched alkanes of at least 4 members (excludes halogenated alkanes) is 23. The summed E-state index contributed by atoms with van der Waals surface area (Å²) in [5.41, 5.74) is 0. The zero-order valence-electron chi connectivity index (χ0n) is 32.7. The SMILES string of the molecule is CCCCCCCCCCCCCCCCCCCCCCCCCC(=O)OC(COC(=O)CCCC)COP(=O)(O)OCC[N+](C)(C)C. The van der Waals surface area contributed by atoms with Crippen LogP contribution in [-0.2, 0) is 32.7 Å². The van der Waals surface area contributed by atoms with Crippen LogP contribution in [0.5, 0.6) is 0 Å². The van der Waals surface area contributed by atoms with E-state index in [1.54, 1.807) is 0 Å². The van der Waals surface area contributed by atoms with E-state index in [4.69, 9.17) is 18.5 Å². The molecule has 292 valence electrons. The molecule has 0 bridgehead atoms. The highest BCUT2D eigenvalue weighted by molar-refractivity contribution is 7.47. The van der Waals surface area contributed by atoms with Gasteiger partial charge < -0.3 is 18.9 Å². The molecule has 0 aromatic carbocycles. The van der Waals surface area contributed by atoms with Gasteiger partial charge in [-0.3, -0.25) is 18.6 Å². The molecule has 0 aromatic rings. The first-order valence-electron chi connectivity index (χ1n) is 20.3. The smallest absolute Gasteiger partial charge is 0.462 e. The van der Waals surface area contributed by atoms with Gasteiger partial charge in [-0.15, -0.1) is 0 Å². The zero-order valence-corrected chi connectivity index (χ0v) is 33.6. The lowest BCUT2D eigenvalue weighted by atomic mass is 10.0. The highest BCUT2D eigenvalue weighted by Crippen LogP contribution is 2.43. The molecule has 0 heterocycles. The number of likely N-dealkylation sites (N-methyl/N-ethyl adjacent to an activating group) is 1. The van der Waals surface area contributed by atoms with Crippen molar-refractivity contribution < 1.29 is 42.1 Å². The van der Waals surface area contributed by atoms with Crippen molar-refractivity contribution in [2.45, 2.75) is 193 Å². The Labute approximate surface area is 302 Å². The Morgan fingerprint density at radius 1 is 0.551 bits per heavy atom. The van der Waals surface area contributed by atoms with E-state index < -0.39 is 32.5 Å². The van der Waals surface area contributed by atoms with E-state index in [2.05, 4.69) is 6.92 Å². The van der Waals surface area contributed by atoms with Crippen LogP contribution in [-0.4, -0.2) is 74.9 Å². The van der Waals surface area contributed by atoms with Gasteiger partial charge in [0.25, 0.3) is 0 Å². The molecule has 10 heteroatoms. The topological polar surface area (TPSA) is 108 Å². The molecule has 2 atom stereocenters. The van der Waals surface area contributed by atoms with E-state index in [1.165, 1.54) is 128 Å². The lowest BCUT2D eigenvalue weighted by Crippen LogP contribution is -2.37. The maximum Gasteiger partial charge on any atom is 0.472 e. The molecular weight excluding hydrogens is 641 g/mol. The zero-order chi connectivity index (χ0) is 36.5. The number of esters is 2. The summed E-state index contributed by atoms with van der Waals surface area (Å²) in [5.74, 6) is -0.829. The fourth-order valence-electron chi connectivity index (χ4n) is 5.64. The van der Waals surface area contributed by atoms with Gasteiger partial charge in [0.05, 0.1) is 27.7 Å². The van der Waals surface area contributed by atoms with E-state index in [9.17, 15) is 19.0 Å². The summed E-state index contributed by atoms with van der Waals surface area (Å²) in [6.07, 6.45) is 31.4. The summed E-state index contributed by atoms with van der Waals surface area (Å²) < 4.78 is 33.7. The number of nitrogens with zero attached hydrogens (tertiary/aromatic N) is 1. The van der Waals surface area contributed by atoms with Crippen molar-refractivity contribution in [2.24, 2.45) is 0 Å². The number of quaternary nitrogens is 1. The Morgan fingerprint density at radius 2 is 0.939 bits per heavy atom. The van der Waals surface area contributed by atoms with Crippen molar-refractivity contribution in [3.05, 3.63) is 0 Å². The Bertz CT molecular complexity index is 819. The number of carbonyl (C=O) groups is 2. The van der Waals surface area contributed by atoms with Crippen LogP contribution in [0, 0.1) is 0 Å². The summed E-state index contributed by atoms with van der Waals surface area (Å²) >= 11 is 0.